The van der Waals surface area contributed by atoms with Gasteiger partial charge in [0.05, 0.1) is 19.3 Å². The van der Waals surface area contributed by atoms with Gasteiger partial charge in [0.1, 0.15) is 11.8 Å². The van der Waals surface area contributed by atoms with Gasteiger partial charge in [0.2, 0.25) is 0 Å². The second kappa shape index (κ2) is 10.5. The number of carbonyl (C=O) groups is 1. The highest BCUT2D eigenvalue weighted by molar-refractivity contribution is 5.82. The van der Waals surface area contributed by atoms with Crippen LogP contribution >= 0.6 is 0 Å². The van der Waals surface area contributed by atoms with Crippen LogP contribution in [0.2, 0.25) is 0 Å². The zero-order chi connectivity index (χ0) is 22.3. The highest BCUT2D eigenvalue weighted by Gasteiger charge is 2.31. The van der Waals surface area contributed by atoms with Gasteiger partial charge in [-0.15, -0.1) is 0 Å². The summed E-state index contributed by atoms with van der Waals surface area (Å²) in [6.45, 7) is 1.70. The number of ether oxygens (including phenoxy) is 2. The van der Waals surface area contributed by atoms with Crippen molar-refractivity contribution in [2.75, 3.05) is 26.3 Å². The minimum absolute atomic E-state index is 0.0811. The van der Waals surface area contributed by atoms with Crippen molar-refractivity contribution in [1.82, 2.24) is 4.90 Å². The zero-order valence-corrected chi connectivity index (χ0v) is 18.0. The number of rotatable bonds is 8. The summed E-state index contributed by atoms with van der Waals surface area (Å²) in [5.41, 5.74) is 2.15. The zero-order valence-electron chi connectivity index (χ0n) is 18.0. The van der Waals surface area contributed by atoms with Gasteiger partial charge in [0.15, 0.2) is 0 Å². The van der Waals surface area contributed by atoms with E-state index >= 15 is 0 Å². The second-order valence-corrected chi connectivity index (χ2v) is 8.13. The van der Waals surface area contributed by atoms with Gasteiger partial charge >= 0.3 is 0 Å². The molecule has 0 spiro atoms. The van der Waals surface area contributed by atoms with Crippen LogP contribution < -0.4 is 9.84 Å². The monoisotopic (exact) mass is 434 g/mol. The standard InChI is InChI=1S/C26H29NO5/c28-14-3-15-31-23-10-8-21(9-11-23)24-12-13-27(26(29)30)17-25(24)32-18-19-6-7-20-4-1-2-5-22(20)16-19/h1-2,4-11,16,24-25,28H,3,12-15,17-18H2,(H,29,30)/p-1. The molecular weight excluding hydrogens is 406 g/mol. The van der Waals surface area contributed by atoms with Crippen molar-refractivity contribution in [2.45, 2.75) is 31.5 Å². The highest BCUT2D eigenvalue weighted by Crippen LogP contribution is 2.32. The highest BCUT2D eigenvalue weighted by atomic mass is 16.5. The summed E-state index contributed by atoms with van der Waals surface area (Å²) in [7, 11) is 0. The van der Waals surface area contributed by atoms with Crippen LogP contribution in [0.4, 0.5) is 4.79 Å². The summed E-state index contributed by atoms with van der Waals surface area (Å²) in [5, 5.41) is 22.7. The van der Waals surface area contributed by atoms with E-state index in [4.69, 9.17) is 14.6 Å². The molecule has 0 aliphatic carbocycles. The van der Waals surface area contributed by atoms with Crippen molar-refractivity contribution in [1.29, 1.82) is 0 Å². The summed E-state index contributed by atoms with van der Waals surface area (Å²) in [6.07, 6.45) is -0.167. The maximum absolute atomic E-state index is 11.5. The Labute approximate surface area is 188 Å². The van der Waals surface area contributed by atoms with E-state index in [2.05, 4.69) is 30.3 Å². The van der Waals surface area contributed by atoms with Gasteiger partial charge in [-0.05, 0) is 46.5 Å². The number of carboxylic acid groups (broad SMARTS) is 1. The number of fused-ring (bicyclic) bond motifs is 1. The van der Waals surface area contributed by atoms with Gasteiger partial charge in [-0.2, -0.15) is 0 Å². The average Bonchev–Trinajstić information content (AvgIpc) is 2.83. The molecule has 0 bridgehead atoms. The van der Waals surface area contributed by atoms with E-state index in [-0.39, 0.29) is 25.2 Å². The first-order valence-electron chi connectivity index (χ1n) is 11.0. The molecule has 3 aromatic rings. The van der Waals surface area contributed by atoms with E-state index in [1.807, 2.05) is 36.4 Å². The molecule has 1 amide bonds. The van der Waals surface area contributed by atoms with E-state index in [0.717, 1.165) is 22.3 Å². The summed E-state index contributed by atoms with van der Waals surface area (Å²) in [6, 6.07) is 22.3. The molecule has 1 saturated heterocycles. The quantitative estimate of drug-likeness (QED) is 0.550. The van der Waals surface area contributed by atoms with Gasteiger partial charge in [-0.1, -0.05) is 48.5 Å². The van der Waals surface area contributed by atoms with Crippen LogP contribution in [0.5, 0.6) is 5.75 Å². The molecule has 1 aliphatic rings. The first-order valence-corrected chi connectivity index (χ1v) is 11.0. The lowest BCUT2D eigenvalue weighted by Crippen LogP contribution is -2.51. The average molecular weight is 435 g/mol. The van der Waals surface area contributed by atoms with Crippen LogP contribution in [-0.4, -0.2) is 48.5 Å². The minimum Gasteiger partial charge on any atom is -0.530 e. The Kier molecular flexibility index (Phi) is 7.24. The molecule has 2 atom stereocenters. The number of aliphatic hydroxyl groups is 1. The Morgan fingerprint density at radius 2 is 1.84 bits per heavy atom. The number of piperidine rings is 1. The molecule has 4 rings (SSSR count). The lowest BCUT2D eigenvalue weighted by atomic mass is 9.87. The minimum atomic E-state index is -1.16. The molecule has 0 radical (unpaired) electrons. The van der Waals surface area contributed by atoms with Gasteiger partial charge in [0, 0.05) is 32.0 Å². The van der Waals surface area contributed by atoms with Crippen molar-refractivity contribution in [3.8, 4) is 5.75 Å². The third-order valence-electron chi connectivity index (χ3n) is 5.97. The van der Waals surface area contributed by atoms with Crippen LogP contribution in [-0.2, 0) is 11.3 Å². The first-order chi connectivity index (χ1) is 15.6. The molecular formula is C26H28NO5-. The molecule has 2 unspecified atom stereocenters. The van der Waals surface area contributed by atoms with E-state index < -0.39 is 6.09 Å². The number of likely N-dealkylation sites (tertiary alicyclic amines) is 1. The predicted molar refractivity (Wildman–Crippen MR) is 120 cm³/mol. The van der Waals surface area contributed by atoms with Crippen molar-refractivity contribution >= 4 is 16.9 Å². The SMILES string of the molecule is O=C([O-])N1CCC(c2ccc(OCCCO)cc2)C(OCc2ccc3ccccc3c2)C1. The van der Waals surface area contributed by atoms with Crippen LogP contribution in [0.1, 0.15) is 29.9 Å². The van der Waals surface area contributed by atoms with Gasteiger partial charge in [-0.25, -0.2) is 0 Å². The Morgan fingerprint density at radius 1 is 1.06 bits per heavy atom. The molecule has 168 valence electrons. The summed E-state index contributed by atoms with van der Waals surface area (Å²) >= 11 is 0. The Bertz CT molecular complexity index is 1040. The fourth-order valence-electron chi connectivity index (χ4n) is 4.23. The third kappa shape index (κ3) is 5.39. The van der Waals surface area contributed by atoms with E-state index in [1.165, 1.54) is 10.3 Å². The number of benzene rings is 3. The summed E-state index contributed by atoms with van der Waals surface area (Å²) in [4.78, 5) is 12.8. The van der Waals surface area contributed by atoms with Crippen LogP contribution in [0.3, 0.4) is 0 Å². The van der Waals surface area contributed by atoms with E-state index in [1.54, 1.807) is 0 Å². The molecule has 6 heteroatoms. The molecule has 32 heavy (non-hydrogen) atoms. The molecule has 1 fully saturated rings. The number of amides is 1. The fraction of sp³-hybridized carbons (Fsp3) is 0.346. The number of hydrogen-bond acceptors (Lipinski definition) is 5. The number of carbonyl (C=O) groups excluding carboxylic acids is 1. The lowest BCUT2D eigenvalue weighted by molar-refractivity contribution is -0.268. The van der Waals surface area contributed by atoms with E-state index in [0.29, 0.717) is 32.6 Å². The Hall–Kier alpha value is -3.09. The molecule has 1 heterocycles. The van der Waals surface area contributed by atoms with Crippen molar-refractivity contribution in [3.63, 3.8) is 0 Å². The topological polar surface area (TPSA) is 82.1 Å². The van der Waals surface area contributed by atoms with Crippen molar-refractivity contribution in [3.05, 3.63) is 77.9 Å². The number of nitrogens with zero attached hydrogens (tertiary/aromatic N) is 1. The molecule has 0 saturated carbocycles. The normalized spacial score (nSPS) is 18.6. The smallest absolute Gasteiger partial charge is 0.137 e. The predicted octanol–water partition coefficient (Wildman–Crippen LogP) is 3.32. The second-order valence-electron chi connectivity index (χ2n) is 8.13. The first kappa shape index (κ1) is 22.1. The molecule has 3 aromatic carbocycles. The molecule has 1 N–H and O–H groups in total. The van der Waals surface area contributed by atoms with Gasteiger partial charge in [-0.3, -0.25) is 0 Å². The number of hydrogen-bond donors (Lipinski definition) is 1. The van der Waals surface area contributed by atoms with Crippen molar-refractivity contribution in [2.24, 2.45) is 0 Å². The fourth-order valence-corrected chi connectivity index (χ4v) is 4.23. The number of aliphatic hydroxyl groups excluding tert-OH is 1. The molecule has 6 nitrogen and oxygen atoms in total. The lowest BCUT2D eigenvalue weighted by Gasteiger charge is -2.40. The van der Waals surface area contributed by atoms with E-state index in [9.17, 15) is 9.90 Å². The summed E-state index contributed by atoms with van der Waals surface area (Å²) < 4.78 is 11.9. The van der Waals surface area contributed by atoms with Gasteiger partial charge < -0.3 is 29.4 Å². The summed E-state index contributed by atoms with van der Waals surface area (Å²) in [5.74, 6) is 0.834. The Morgan fingerprint density at radius 3 is 2.59 bits per heavy atom. The maximum Gasteiger partial charge on any atom is 0.137 e. The van der Waals surface area contributed by atoms with Crippen molar-refractivity contribution < 1.29 is 24.5 Å². The molecule has 1 aliphatic heterocycles. The third-order valence-corrected chi connectivity index (χ3v) is 5.97. The van der Waals surface area contributed by atoms with Gasteiger partial charge in [0.25, 0.3) is 0 Å². The maximum atomic E-state index is 11.5. The van der Waals surface area contributed by atoms with Crippen LogP contribution in [0, 0.1) is 0 Å². The van der Waals surface area contributed by atoms with Crippen LogP contribution in [0.25, 0.3) is 10.8 Å². The molecule has 0 aromatic heterocycles. The van der Waals surface area contributed by atoms with Crippen LogP contribution in [0.15, 0.2) is 66.7 Å². The largest absolute Gasteiger partial charge is 0.530 e. The Balaban J connectivity index is 1.47.